The van der Waals surface area contributed by atoms with E-state index in [1.54, 1.807) is 6.92 Å². The number of likely N-dealkylation sites (tertiary alicyclic amines) is 1. The van der Waals surface area contributed by atoms with E-state index in [0.717, 1.165) is 25.9 Å². The lowest BCUT2D eigenvalue weighted by Crippen LogP contribution is -2.53. The molecular weight excluding hydrogens is 206 g/mol. The normalized spacial score (nSPS) is 20.1. The van der Waals surface area contributed by atoms with Crippen molar-refractivity contribution in [3.05, 3.63) is 0 Å². The summed E-state index contributed by atoms with van der Waals surface area (Å²) in [5, 5.41) is 12.2. The van der Waals surface area contributed by atoms with E-state index >= 15 is 0 Å². The minimum absolute atomic E-state index is 0.116. The van der Waals surface area contributed by atoms with Crippen LogP contribution in [0.5, 0.6) is 0 Å². The molecule has 0 unspecified atom stereocenters. The summed E-state index contributed by atoms with van der Waals surface area (Å²) in [6.07, 6.45) is 1.50. The molecule has 1 saturated heterocycles. The molecule has 16 heavy (non-hydrogen) atoms. The Morgan fingerprint density at radius 3 is 2.69 bits per heavy atom. The van der Waals surface area contributed by atoms with E-state index < -0.39 is 5.54 Å². The van der Waals surface area contributed by atoms with Crippen molar-refractivity contribution in [1.82, 2.24) is 10.2 Å². The molecule has 1 rings (SSSR count). The molecule has 1 heterocycles. The van der Waals surface area contributed by atoms with Crippen LogP contribution < -0.4 is 5.32 Å². The molecule has 0 aromatic carbocycles. The molecule has 1 aliphatic rings. The maximum absolute atomic E-state index is 11.2. The number of carbonyl (C=O) groups is 1. The highest BCUT2D eigenvalue weighted by Gasteiger charge is 2.33. The van der Waals surface area contributed by atoms with Gasteiger partial charge in [-0.3, -0.25) is 10.1 Å². The van der Waals surface area contributed by atoms with Gasteiger partial charge in [0.25, 0.3) is 0 Å². The van der Waals surface area contributed by atoms with Gasteiger partial charge in [0.2, 0.25) is 0 Å². The number of carbonyl (C=O) groups excluding carboxylic acids is 1. The molecule has 0 aromatic rings. The Morgan fingerprint density at radius 1 is 1.56 bits per heavy atom. The average molecular weight is 225 g/mol. The van der Waals surface area contributed by atoms with Crippen molar-refractivity contribution in [2.45, 2.75) is 25.3 Å². The summed E-state index contributed by atoms with van der Waals surface area (Å²) in [7, 11) is 2.03. The first kappa shape index (κ1) is 12.9. The van der Waals surface area contributed by atoms with Gasteiger partial charge in [-0.15, -0.1) is 0 Å². The summed E-state index contributed by atoms with van der Waals surface area (Å²) in [5.74, 6) is -0.295. The number of rotatable bonds is 4. The van der Waals surface area contributed by atoms with Crippen LogP contribution >= 0.6 is 0 Å². The Balaban J connectivity index is 2.43. The number of esters is 1. The molecule has 0 aliphatic carbocycles. The SMILES string of the molecule is CCOC(=O)CNC1(C#N)CCN(C)CC1. The zero-order valence-electron chi connectivity index (χ0n) is 9.95. The van der Waals surface area contributed by atoms with Gasteiger partial charge in [0, 0.05) is 13.1 Å². The quantitative estimate of drug-likeness (QED) is 0.689. The monoisotopic (exact) mass is 225 g/mol. The summed E-state index contributed by atoms with van der Waals surface area (Å²) in [6, 6.07) is 2.29. The fourth-order valence-corrected chi connectivity index (χ4v) is 1.78. The molecule has 0 radical (unpaired) electrons. The molecule has 0 amide bonds. The van der Waals surface area contributed by atoms with Crippen molar-refractivity contribution in [2.24, 2.45) is 0 Å². The second-order valence-corrected chi connectivity index (χ2v) is 4.16. The molecule has 5 heteroatoms. The van der Waals surface area contributed by atoms with Crippen molar-refractivity contribution in [2.75, 3.05) is 33.3 Å². The summed E-state index contributed by atoms with van der Waals surface area (Å²) >= 11 is 0. The first-order valence-electron chi connectivity index (χ1n) is 5.62. The lowest BCUT2D eigenvalue weighted by atomic mass is 9.89. The lowest BCUT2D eigenvalue weighted by Gasteiger charge is -2.35. The first-order valence-corrected chi connectivity index (χ1v) is 5.62. The molecule has 1 N–H and O–H groups in total. The van der Waals surface area contributed by atoms with Gasteiger partial charge in [-0.2, -0.15) is 5.26 Å². The van der Waals surface area contributed by atoms with Gasteiger partial charge < -0.3 is 9.64 Å². The summed E-state index contributed by atoms with van der Waals surface area (Å²) < 4.78 is 4.82. The van der Waals surface area contributed by atoms with Crippen LogP contribution in [0.15, 0.2) is 0 Å². The number of nitriles is 1. The van der Waals surface area contributed by atoms with E-state index in [-0.39, 0.29) is 12.5 Å². The van der Waals surface area contributed by atoms with Gasteiger partial charge >= 0.3 is 5.97 Å². The van der Waals surface area contributed by atoms with Gasteiger partial charge in [0.15, 0.2) is 0 Å². The van der Waals surface area contributed by atoms with E-state index in [4.69, 9.17) is 4.74 Å². The molecule has 0 saturated carbocycles. The van der Waals surface area contributed by atoms with Crippen LogP contribution in [0, 0.1) is 11.3 Å². The Bertz CT molecular complexity index is 277. The predicted molar refractivity (Wildman–Crippen MR) is 59.7 cm³/mol. The topological polar surface area (TPSA) is 65.4 Å². The van der Waals surface area contributed by atoms with Crippen molar-refractivity contribution in [3.8, 4) is 6.07 Å². The van der Waals surface area contributed by atoms with Gasteiger partial charge in [0.05, 0.1) is 19.2 Å². The smallest absolute Gasteiger partial charge is 0.319 e. The van der Waals surface area contributed by atoms with Crippen LogP contribution in [0.25, 0.3) is 0 Å². The second kappa shape index (κ2) is 5.83. The molecule has 5 nitrogen and oxygen atoms in total. The first-order chi connectivity index (χ1) is 7.62. The van der Waals surface area contributed by atoms with Crippen LogP contribution in [-0.2, 0) is 9.53 Å². The van der Waals surface area contributed by atoms with Crippen molar-refractivity contribution >= 4 is 5.97 Å². The number of hydrogen-bond acceptors (Lipinski definition) is 5. The lowest BCUT2D eigenvalue weighted by molar-refractivity contribution is -0.142. The van der Waals surface area contributed by atoms with E-state index in [2.05, 4.69) is 16.3 Å². The highest BCUT2D eigenvalue weighted by molar-refractivity contribution is 5.71. The molecule has 90 valence electrons. The molecule has 1 fully saturated rings. The van der Waals surface area contributed by atoms with Gasteiger partial charge in [0.1, 0.15) is 5.54 Å². The molecule has 0 aromatic heterocycles. The van der Waals surface area contributed by atoms with E-state index in [1.807, 2.05) is 7.05 Å². The third kappa shape index (κ3) is 3.47. The third-order valence-electron chi connectivity index (χ3n) is 2.93. The van der Waals surface area contributed by atoms with E-state index in [1.165, 1.54) is 0 Å². The number of nitrogens with one attached hydrogen (secondary N) is 1. The highest BCUT2D eigenvalue weighted by Crippen LogP contribution is 2.20. The number of ether oxygens (including phenoxy) is 1. The maximum Gasteiger partial charge on any atom is 0.319 e. The Labute approximate surface area is 96.4 Å². The Morgan fingerprint density at radius 2 is 2.19 bits per heavy atom. The average Bonchev–Trinajstić information content (AvgIpc) is 2.30. The van der Waals surface area contributed by atoms with Gasteiger partial charge in [-0.1, -0.05) is 0 Å². The van der Waals surface area contributed by atoms with Crippen molar-refractivity contribution < 1.29 is 9.53 Å². The fraction of sp³-hybridized carbons (Fsp3) is 0.818. The number of piperidine rings is 1. The van der Waals surface area contributed by atoms with Gasteiger partial charge in [-0.25, -0.2) is 0 Å². The number of nitrogens with zero attached hydrogens (tertiary/aromatic N) is 2. The molecule has 0 bridgehead atoms. The molecule has 0 spiro atoms. The van der Waals surface area contributed by atoms with Crippen molar-refractivity contribution in [3.63, 3.8) is 0 Å². The zero-order valence-corrected chi connectivity index (χ0v) is 9.95. The highest BCUT2D eigenvalue weighted by atomic mass is 16.5. The zero-order chi connectivity index (χ0) is 12.0. The summed E-state index contributed by atoms with van der Waals surface area (Å²) in [4.78, 5) is 13.4. The molecular formula is C11H19N3O2. The third-order valence-corrected chi connectivity index (χ3v) is 2.93. The minimum atomic E-state index is -0.556. The van der Waals surface area contributed by atoms with Gasteiger partial charge in [-0.05, 0) is 26.8 Å². The predicted octanol–water partition coefficient (Wildman–Crippen LogP) is 0.127. The van der Waals surface area contributed by atoms with Crippen molar-refractivity contribution in [1.29, 1.82) is 5.26 Å². The number of hydrogen-bond donors (Lipinski definition) is 1. The largest absolute Gasteiger partial charge is 0.465 e. The minimum Gasteiger partial charge on any atom is -0.465 e. The van der Waals surface area contributed by atoms with Crippen LogP contribution in [0.4, 0.5) is 0 Å². The summed E-state index contributed by atoms with van der Waals surface area (Å²) in [6.45, 7) is 4.02. The Kier molecular flexibility index (Phi) is 4.71. The van der Waals surface area contributed by atoms with E-state index in [0.29, 0.717) is 6.61 Å². The molecule has 0 atom stereocenters. The van der Waals surface area contributed by atoms with Crippen LogP contribution in [-0.4, -0.2) is 49.7 Å². The summed E-state index contributed by atoms with van der Waals surface area (Å²) in [5.41, 5.74) is -0.556. The van der Waals surface area contributed by atoms with Crippen LogP contribution in [0.3, 0.4) is 0 Å². The maximum atomic E-state index is 11.2. The Hall–Kier alpha value is -1.12. The molecule has 1 aliphatic heterocycles. The fourth-order valence-electron chi connectivity index (χ4n) is 1.78. The van der Waals surface area contributed by atoms with E-state index in [9.17, 15) is 10.1 Å². The van der Waals surface area contributed by atoms with Crippen LogP contribution in [0.2, 0.25) is 0 Å². The second-order valence-electron chi connectivity index (χ2n) is 4.16. The standard InChI is InChI=1S/C11H19N3O2/c1-3-16-10(15)8-13-11(9-12)4-6-14(2)7-5-11/h13H,3-8H2,1-2H3. The van der Waals surface area contributed by atoms with Crippen LogP contribution in [0.1, 0.15) is 19.8 Å².